The average molecular weight is 545 g/mol. The molecule has 0 spiro atoms. The normalized spacial score (nSPS) is 12.4. The SMILES string of the molecule is c1ccc(-c2nc(-c3ccccc3)nc(-c3cccc4ccc5c(c34)[SH]=C(c3ccc4ccccc4c3)N5)n2)cc1. The maximum atomic E-state index is 5.03. The number of hydrogen-bond donors (Lipinski definition) is 2. The largest absolute Gasteiger partial charge is 0.349 e. The van der Waals surface area contributed by atoms with E-state index >= 15 is 0 Å². The summed E-state index contributed by atoms with van der Waals surface area (Å²) in [6, 6.07) is 46.2. The number of benzene rings is 6. The van der Waals surface area contributed by atoms with Gasteiger partial charge in [-0.05, 0) is 28.3 Å². The number of thiol groups is 1. The monoisotopic (exact) mass is 544 g/mol. The lowest BCUT2D eigenvalue weighted by Gasteiger charge is -2.12. The molecule has 0 atom stereocenters. The Morgan fingerprint density at radius 3 is 1.80 bits per heavy atom. The maximum Gasteiger partial charge on any atom is 0.164 e. The van der Waals surface area contributed by atoms with E-state index < -0.39 is 0 Å². The number of aromatic nitrogens is 3. The summed E-state index contributed by atoms with van der Waals surface area (Å²) < 4.78 is 0. The fraction of sp³-hybridized carbons (Fsp3) is 0. The van der Waals surface area contributed by atoms with Crippen molar-refractivity contribution in [3.05, 3.63) is 139 Å². The number of anilines is 1. The average Bonchev–Trinajstić information content (AvgIpc) is 3.50. The molecule has 0 amide bonds. The molecule has 0 unspecified atom stereocenters. The van der Waals surface area contributed by atoms with Gasteiger partial charge >= 0.3 is 0 Å². The molecule has 1 aliphatic heterocycles. The summed E-state index contributed by atoms with van der Waals surface area (Å²) in [5, 5.41) is 8.53. The summed E-state index contributed by atoms with van der Waals surface area (Å²) in [5.74, 6) is 2.00. The van der Waals surface area contributed by atoms with E-state index in [9.17, 15) is 0 Å². The van der Waals surface area contributed by atoms with E-state index in [-0.39, 0.29) is 0 Å². The zero-order valence-electron chi connectivity index (χ0n) is 22.0. The van der Waals surface area contributed by atoms with Crippen LogP contribution in [0.1, 0.15) is 5.56 Å². The van der Waals surface area contributed by atoms with Crippen molar-refractivity contribution in [2.45, 2.75) is 4.90 Å². The van der Waals surface area contributed by atoms with Gasteiger partial charge in [0.15, 0.2) is 17.5 Å². The van der Waals surface area contributed by atoms with Gasteiger partial charge in [-0.3, -0.25) is 0 Å². The highest BCUT2D eigenvalue weighted by Crippen LogP contribution is 2.42. The molecule has 7 aromatic rings. The molecule has 2 heterocycles. The van der Waals surface area contributed by atoms with Crippen molar-refractivity contribution in [3.63, 3.8) is 0 Å². The first-order chi connectivity index (χ1) is 20.3. The van der Waals surface area contributed by atoms with Crippen molar-refractivity contribution < 1.29 is 0 Å². The van der Waals surface area contributed by atoms with E-state index in [1.54, 1.807) is 0 Å². The second-order valence-electron chi connectivity index (χ2n) is 10.1. The Bertz CT molecular complexity index is 2060. The summed E-state index contributed by atoms with van der Waals surface area (Å²) in [4.78, 5) is 17.4. The molecule has 1 N–H and O–H groups in total. The van der Waals surface area contributed by atoms with E-state index in [0.29, 0.717) is 17.5 Å². The highest BCUT2D eigenvalue weighted by Gasteiger charge is 2.21. The lowest BCUT2D eigenvalue weighted by Crippen LogP contribution is -2.07. The van der Waals surface area contributed by atoms with Crippen LogP contribution in [0.25, 0.3) is 55.7 Å². The van der Waals surface area contributed by atoms with Gasteiger partial charge in [-0.25, -0.2) is 15.0 Å². The molecule has 6 aromatic carbocycles. The minimum absolute atomic E-state index is 0.665. The first-order valence-corrected chi connectivity index (χ1v) is 14.5. The quantitative estimate of drug-likeness (QED) is 0.172. The van der Waals surface area contributed by atoms with Crippen LogP contribution < -0.4 is 5.32 Å². The van der Waals surface area contributed by atoms with Crippen LogP contribution in [0.3, 0.4) is 0 Å². The van der Waals surface area contributed by atoms with Crippen LogP contribution in [0.15, 0.2) is 138 Å². The Labute approximate surface area is 241 Å². The molecule has 1 aliphatic rings. The Morgan fingerprint density at radius 1 is 0.463 bits per heavy atom. The Morgan fingerprint density at radius 2 is 1.07 bits per heavy atom. The van der Waals surface area contributed by atoms with Crippen molar-refractivity contribution in [1.29, 1.82) is 0 Å². The van der Waals surface area contributed by atoms with E-state index in [1.807, 2.05) is 60.7 Å². The molecule has 0 saturated heterocycles. The molecule has 0 fully saturated rings. The van der Waals surface area contributed by atoms with Crippen molar-refractivity contribution in [3.8, 4) is 34.2 Å². The Kier molecular flexibility index (Phi) is 5.68. The van der Waals surface area contributed by atoms with Crippen LogP contribution in [0.2, 0.25) is 0 Å². The molecule has 0 saturated carbocycles. The fourth-order valence-corrected chi connectivity index (χ4v) is 6.71. The lowest BCUT2D eigenvalue weighted by atomic mass is 10.0. The van der Waals surface area contributed by atoms with E-state index in [4.69, 9.17) is 15.0 Å². The van der Waals surface area contributed by atoms with Crippen molar-refractivity contribution in [2.75, 3.05) is 5.32 Å². The summed E-state index contributed by atoms with van der Waals surface area (Å²) >= 11 is 1.13. The van der Waals surface area contributed by atoms with Crippen LogP contribution in [-0.4, -0.2) is 19.9 Å². The third kappa shape index (κ3) is 4.28. The van der Waals surface area contributed by atoms with Gasteiger partial charge in [-0.15, -0.1) is 11.4 Å². The Hall–Kier alpha value is -5.13. The number of hydrogen-bond acceptors (Lipinski definition) is 4. The summed E-state index contributed by atoms with van der Waals surface area (Å²) in [6.07, 6.45) is 0. The molecule has 4 nitrogen and oxygen atoms in total. The van der Waals surface area contributed by atoms with E-state index in [2.05, 4.69) is 78.1 Å². The Balaban J connectivity index is 1.33. The molecule has 0 bridgehead atoms. The van der Waals surface area contributed by atoms with Crippen molar-refractivity contribution in [1.82, 2.24) is 15.0 Å². The molecule has 8 rings (SSSR count). The predicted molar refractivity (Wildman–Crippen MR) is 173 cm³/mol. The van der Waals surface area contributed by atoms with Gasteiger partial charge in [0.25, 0.3) is 0 Å². The molecule has 194 valence electrons. The van der Waals surface area contributed by atoms with Crippen LogP contribution in [0.5, 0.6) is 0 Å². The molecular weight excluding hydrogens is 520 g/mol. The smallest absolute Gasteiger partial charge is 0.164 e. The maximum absolute atomic E-state index is 5.03. The number of nitrogens with zero attached hydrogens (tertiary/aromatic N) is 3. The number of fused-ring (bicyclic) bond motifs is 4. The topological polar surface area (TPSA) is 50.7 Å². The van der Waals surface area contributed by atoms with Crippen molar-refractivity contribution >= 4 is 43.6 Å². The van der Waals surface area contributed by atoms with Gasteiger partial charge in [0, 0.05) is 32.5 Å². The molecule has 0 radical (unpaired) electrons. The zero-order valence-corrected chi connectivity index (χ0v) is 22.9. The number of rotatable bonds is 4. The van der Waals surface area contributed by atoms with Crippen LogP contribution in [0.4, 0.5) is 5.69 Å². The van der Waals surface area contributed by atoms with Crippen molar-refractivity contribution in [2.24, 2.45) is 0 Å². The summed E-state index contributed by atoms with van der Waals surface area (Å²) in [6.45, 7) is 0. The third-order valence-corrected chi connectivity index (χ3v) is 8.74. The van der Waals surface area contributed by atoms with Gasteiger partial charge in [0.05, 0.1) is 10.7 Å². The van der Waals surface area contributed by atoms with Gasteiger partial charge in [0.1, 0.15) is 0 Å². The highest BCUT2D eigenvalue weighted by atomic mass is 32.1. The fourth-order valence-electron chi connectivity index (χ4n) is 5.43. The second kappa shape index (κ2) is 9.81. The van der Waals surface area contributed by atoms with E-state index in [0.717, 1.165) is 33.7 Å². The lowest BCUT2D eigenvalue weighted by molar-refractivity contribution is 1.08. The number of nitrogens with one attached hydrogen (secondary N) is 1. The van der Waals surface area contributed by atoms with Gasteiger partial charge in [0.2, 0.25) is 0 Å². The van der Waals surface area contributed by atoms with Crippen LogP contribution >= 0.6 is 11.4 Å². The van der Waals surface area contributed by atoms with Crippen LogP contribution in [0, 0.1) is 0 Å². The molecule has 1 aromatic heterocycles. The minimum Gasteiger partial charge on any atom is -0.349 e. The third-order valence-electron chi connectivity index (χ3n) is 7.46. The molecular formula is C36H24N4S. The van der Waals surface area contributed by atoms with Crippen LogP contribution in [-0.2, 0) is 0 Å². The minimum atomic E-state index is 0.665. The highest BCUT2D eigenvalue weighted by molar-refractivity contribution is 8.00. The molecule has 0 aliphatic carbocycles. The summed E-state index contributed by atoms with van der Waals surface area (Å²) in [7, 11) is 0. The molecule has 5 heteroatoms. The molecule has 41 heavy (non-hydrogen) atoms. The first kappa shape index (κ1) is 23.7. The van der Waals surface area contributed by atoms with Gasteiger partial charge < -0.3 is 5.32 Å². The summed E-state index contributed by atoms with van der Waals surface area (Å²) in [5.41, 5.74) is 5.25. The van der Waals surface area contributed by atoms with Gasteiger partial charge in [-0.1, -0.05) is 121 Å². The predicted octanol–water partition coefficient (Wildman–Crippen LogP) is 8.61. The zero-order chi connectivity index (χ0) is 27.2. The second-order valence-corrected chi connectivity index (χ2v) is 11.2. The standard InChI is InChI=1S/C36H24N4S/c1-3-11-25(12-4-1)33-38-34(26-13-5-2-6-14-26)40-35(39-33)29-17-9-16-24-20-21-30-32(31(24)29)41-36(37-30)28-19-18-23-10-7-8-15-27(23)22-28/h1-22,37,41H. The van der Waals surface area contributed by atoms with E-state index in [1.165, 1.54) is 37.0 Å². The van der Waals surface area contributed by atoms with Gasteiger partial charge in [-0.2, -0.15) is 0 Å². The first-order valence-electron chi connectivity index (χ1n) is 13.6.